The van der Waals surface area contributed by atoms with E-state index in [2.05, 4.69) is 15.6 Å². The van der Waals surface area contributed by atoms with Crippen molar-refractivity contribution in [3.63, 3.8) is 0 Å². The van der Waals surface area contributed by atoms with Crippen LogP contribution in [0.5, 0.6) is 5.75 Å². The highest BCUT2D eigenvalue weighted by Gasteiger charge is 2.23. The number of rotatable bonds is 7. The summed E-state index contributed by atoms with van der Waals surface area (Å²) in [5.41, 5.74) is 2.66. The van der Waals surface area contributed by atoms with Crippen molar-refractivity contribution in [3.05, 3.63) is 102 Å². The molecule has 6 nitrogen and oxygen atoms in total. The summed E-state index contributed by atoms with van der Waals surface area (Å²) in [6.45, 7) is 0. The molecule has 1 heterocycles. The minimum Gasteiger partial charge on any atom is -0.410 e. The summed E-state index contributed by atoms with van der Waals surface area (Å²) in [7, 11) is 0. The monoisotopic (exact) mass is 443 g/mol. The number of ether oxygens (including phenoxy) is 1. The third-order valence-electron chi connectivity index (χ3n) is 4.65. The highest BCUT2D eigenvalue weighted by Crippen LogP contribution is 2.24. The summed E-state index contributed by atoms with van der Waals surface area (Å²) in [5.74, 6) is 0.0316. The van der Waals surface area contributed by atoms with Gasteiger partial charge in [-0.3, -0.25) is 4.79 Å². The molecular weight excluding hydrogens is 422 g/mol. The maximum absolute atomic E-state index is 13.0. The van der Waals surface area contributed by atoms with E-state index in [1.165, 1.54) is 11.3 Å². The number of anilines is 1. The first kappa shape index (κ1) is 21.3. The molecule has 0 spiro atoms. The van der Waals surface area contributed by atoms with E-state index in [1.807, 2.05) is 72.1 Å². The molecule has 2 amide bonds. The summed E-state index contributed by atoms with van der Waals surface area (Å²) in [6.07, 6.45) is -0.385. The number of benzene rings is 3. The molecule has 4 rings (SSSR count). The van der Waals surface area contributed by atoms with Gasteiger partial charge in [0, 0.05) is 17.4 Å². The number of hydrogen-bond donors (Lipinski definition) is 2. The van der Waals surface area contributed by atoms with Crippen molar-refractivity contribution >= 4 is 28.5 Å². The lowest BCUT2D eigenvalue weighted by molar-refractivity contribution is -0.118. The molecule has 1 aromatic heterocycles. The minimum atomic E-state index is -0.835. The van der Waals surface area contributed by atoms with E-state index in [4.69, 9.17) is 4.74 Å². The fraction of sp³-hybridized carbons (Fsp3) is 0.0800. The third-order valence-corrected chi connectivity index (χ3v) is 5.41. The van der Waals surface area contributed by atoms with Crippen molar-refractivity contribution in [2.24, 2.45) is 0 Å². The van der Waals surface area contributed by atoms with E-state index in [0.29, 0.717) is 17.3 Å². The molecule has 7 heteroatoms. The highest BCUT2D eigenvalue weighted by atomic mass is 32.1. The van der Waals surface area contributed by atoms with Gasteiger partial charge in [-0.05, 0) is 17.7 Å². The molecule has 0 fully saturated rings. The maximum atomic E-state index is 13.0. The summed E-state index contributed by atoms with van der Waals surface area (Å²) in [6, 6.07) is 27.1. The molecule has 1 atom stereocenters. The lowest BCUT2D eigenvalue weighted by Crippen LogP contribution is -2.46. The van der Waals surface area contributed by atoms with Gasteiger partial charge in [0.05, 0.1) is 5.69 Å². The summed E-state index contributed by atoms with van der Waals surface area (Å²) in [5, 5.41) is 7.84. The van der Waals surface area contributed by atoms with Gasteiger partial charge < -0.3 is 15.4 Å². The van der Waals surface area contributed by atoms with Crippen molar-refractivity contribution in [1.29, 1.82) is 0 Å². The molecule has 0 saturated heterocycles. The number of para-hydroxylation sites is 1. The van der Waals surface area contributed by atoms with Crippen molar-refractivity contribution in [2.75, 3.05) is 5.32 Å². The molecule has 0 unspecified atom stereocenters. The average Bonchev–Trinajstić information content (AvgIpc) is 3.29. The lowest BCUT2D eigenvalue weighted by atomic mass is 10.1. The van der Waals surface area contributed by atoms with Gasteiger partial charge in [-0.2, -0.15) is 0 Å². The first-order valence-electron chi connectivity index (χ1n) is 10.1. The van der Waals surface area contributed by atoms with Crippen LogP contribution in [0.1, 0.15) is 5.56 Å². The first-order valence-corrected chi connectivity index (χ1v) is 10.9. The number of nitrogens with zero attached hydrogens (tertiary/aromatic N) is 1. The van der Waals surface area contributed by atoms with Crippen LogP contribution in [0.2, 0.25) is 0 Å². The van der Waals surface area contributed by atoms with Crippen molar-refractivity contribution in [2.45, 2.75) is 12.5 Å². The van der Waals surface area contributed by atoms with Crippen molar-refractivity contribution in [3.8, 4) is 17.0 Å². The van der Waals surface area contributed by atoms with Crippen LogP contribution in [-0.4, -0.2) is 23.0 Å². The molecular formula is C25H21N3O3S. The van der Waals surface area contributed by atoms with Crippen LogP contribution < -0.4 is 15.4 Å². The molecule has 0 aliphatic heterocycles. The molecule has 0 saturated carbocycles. The normalized spacial score (nSPS) is 11.4. The van der Waals surface area contributed by atoms with Gasteiger partial charge in [0.2, 0.25) is 5.91 Å². The number of thiazole rings is 1. The molecule has 0 aliphatic rings. The van der Waals surface area contributed by atoms with Gasteiger partial charge in [-0.15, -0.1) is 11.3 Å². The molecule has 0 radical (unpaired) electrons. The average molecular weight is 444 g/mol. The second-order valence-corrected chi connectivity index (χ2v) is 7.84. The zero-order valence-corrected chi connectivity index (χ0v) is 17.9. The van der Waals surface area contributed by atoms with Crippen LogP contribution in [0.25, 0.3) is 11.3 Å². The van der Waals surface area contributed by atoms with E-state index >= 15 is 0 Å². The van der Waals surface area contributed by atoms with Gasteiger partial charge in [-0.25, -0.2) is 9.78 Å². The second-order valence-electron chi connectivity index (χ2n) is 6.98. The summed E-state index contributed by atoms with van der Waals surface area (Å²) < 4.78 is 5.30. The van der Waals surface area contributed by atoms with Crippen LogP contribution >= 0.6 is 11.3 Å². The van der Waals surface area contributed by atoms with E-state index in [-0.39, 0.29) is 5.91 Å². The minimum absolute atomic E-state index is 0.313. The molecule has 0 bridgehead atoms. The molecule has 4 aromatic rings. The Hall–Kier alpha value is -3.97. The van der Waals surface area contributed by atoms with Gasteiger partial charge in [0.1, 0.15) is 11.8 Å². The summed E-state index contributed by atoms with van der Waals surface area (Å²) >= 11 is 1.33. The highest BCUT2D eigenvalue weighted by molar-refractivity contribution is 7.14. The van der Waals surface area contributed by atoms with Crippen molar-refractivity contribution in [1.82, 2.24) is 10.3 Å². The first-order chi connectivity index (χ1) is 15.7. The number of amides is 2. The quantitative estimate of drug-likeness (QED) is 0.414. The van der Waals surface area contributed by atoms with E-state index in [9.17, 15) is 9.59 Å². The predicted molar refractivity (Wildman–Crippen MR) is 126 cm³/mol. The number of aromatic nitrogens is 1. The second kappa shape index (κ2) is 10.4. The molecule has 32 heavy (non-hydrogen) atoms. The maximum Gasteiger partial charge on any atom is 0.413 e. The van der Waals surface area contributed by atoms with Crippen LogP contribution in [0, 0.1) is 0 Å². The molecule has 160 valence electrons. The Morgan fingerprint density at radius 1 is 0.875 bits per heavy atom. The van der Waals surface area contributed by atoms with E-state index in [0.717, 1.165) is 16.8 Å². The van der Waals surface area contributed by atoms with Gasteiger partial charge >= 0.3 is 6.09 Å². The van der Waals surface area contributed by atoms with Crippen LogP contribution in [0.15, 0.2) is 96.4 Å². The van der Waals surface area contributed by atoms with Gasteiger partial charge in [0.15, 0.2) is 5.13 Å². The molecule has 0 aliphatic carbocycles. The number of carbonyl (C=O) groups excluding carboxylic acids is 2. The fourth-order valence-corrected chi connectivity index (χ4v) is 3.81. The van der Waals surface area contributed by atoms with E-state index < -0.39 is 12.1 Å². The zero-order chi connectivity index (χ0) is 22.2. The Labute approximate surface area is 189 Å². The fourth-order valence-electron chi connectivity index (χ4n) is 3.09. The Morgan fingerprint density at radius 3 is 2.19 bits per heavy atom. The number of hydrogen-bond acceptors (Lipinski definition) is 5. The van der Waals surface area contributed by atoms with E-state index in [1.54, 1.807) is 24.3 Å². The predicted octanol–water partition coefficient (Wildman–Crippen LogP) is 5.15. The number of nitrogens with one attached hydrogen (secondary N) is 2. The summed E-state index contributed by atoms with van der Waals surface area (Å²) in [4.78, 5) is 30.0. The Kier molecular flexibility index (Phi) is 6.89. The molecule has 2 N–H and O–H groups in total. The standard InChI is InChI=1S/C25H21N3O3S/c29-23(28-24-26-22(17-32-24)19-12-6-2-7-13-19)21(16-18-10-4-1-5-11-18)27-25(30)31-20-14-8-3-9-15-20/h1-15,17,21H,16H2,(H,27,30)(H,26,28,29)/t21-/m0/s1. The zero-order valence-electron chi connectivity index (χ0n) is 17.1. The SMILES string of the molecule is O=C(N[C@@H](Cc1ccccc1)C(=O)Nc1nc(-c2ccccc2)cs1)Oc1ccccc1. The smallest absolute Gasteiger partial charge is 0.410 e. The van der Waals surface area contributed by atoms with Crippen LogP contribution in [-0.2, 0) is 11.2 Å². The van der Waals surface area contributed by atoms with Crippen LogP contribution in [0.3, 0.4) is 0 Å². The third kappa shape index (κ3) is 5.80. The Bertz CT molecular complexity index is 1160. The Balaban J connectivity index is 1.46. The number of carbonyl (C=O) groups is 2. The van der Waals surface area contributed by atoms with Crippen molar-refractivity contribution < 1.29 is 14.3 Å². The van der Waals surface area contributed by atoms with Gasteiger partial charge in [0.25, 0.3) is 0 Å². The Morgan fingerprint density at radius 2 is 1.50 bits per heavy atom. The topological polar surface area (TPSA) is 80.3 Å². The largest absolute Gasteiger partial charge is 0.413 e. The molecule has 3 aromatic carbocycles. The van der Waals surface area contributed by atoms with Gasteiger partial charge in [-0.1, -0.05) is 78.9 Å². The van der Waals surface area contributed by atoms with Crippen LogP contribution in [0.4, 0.5) is 9.93 Å². The lowest BCUT2D eigenvalue weighted by Gasteiger charge is -2.17.